The molecule has 7 nitrogen and oxygen atoms in total. The lowest BCUT2D eigenvalue weighted by Crippen LogP contribution is -2.16. The molecule has 0 aromatic carbocycles. The summed E-state index contributed by atoms with van der Waals surface area (Å²) in [6.07, 6.45) is 1.85. The Morgan fingerprint density at radius 2 is 2.42 bits per heavy atom. The van der Waals surface area contributed by atoms with Crippen LogP contribution in [0.1, 0.15) is 23.8 Å². The number of anilines is 1. The smallest absolute Gasteiger partial charge is 0.360 e. The molecule has 0 amide bonds. The summed E-state index contributed by atoms with van der Waals surface area (Å²) in [5.74, 6) is -0.0598. The first kappa shape index (κ1) is 13.9. The summed E-state index contributed by atoms with van der Waals surface area (Å²) in [6.45, 7) is 2.44. The van der Waals surface area contributed by atoms with E-state index < -0.39 is 15.8 Å². The maximum Gasteiger partial charge on any atom is 0.360 e. The molecule has 0 aliphatic carbocycles. The molecule has 1 fully saturated rings. The van der Waals surface area contributed by atoms with Gasteiger partial charge in [-0.25, -0.2) is 13.2 Å². The second kappa shape index (κ2) is 5.60. The van der Waals surface area contributed by atoms with E-state index in [9.17, 15) is 13.2 Å². The second-order valence-electron chi connectivity index (χ2n) is 4.41. The van der Waals surface area contributed by atoms with Gasteiger partial charge in [-0.2, -0.15) is 4.98 Å². The molecule has 0 radical (unpaired) electrons. The van der Waals surface area contributed by atoms with Gasteiger partial charge >= 0.3 is 5.97 Å². The molecule has 1 aromatic heterocycles. The highest BCUT2D eigenvalue weighted by atomic mass is 32.2. The molecular formula is C11H16N2O5S. The Bertz CT molecular complexity index is 551. The normalized spacial score (nSPS) is 21.2. The van der Waals surface area contributed by atoms with Crippen LogP contribution in [0, 0.1) is 5.92 Å². The average molecular weight is 288 g/mol. The number of aromatic nitrogens is 1. The van der Waals surface area contributed by atoms with Crippen LogP contribution in [0.25, 0.3) is 0 Å². The van der Waals surface area contributed by atoms with Crippen LogP contribution in [-0.4, -0.2) is 44.0 Å². The molecule has 2 rings (SSSR count). The summed E-state index contributed by atoms with van der Waals surface area (Å²) in [7, 11) is -2.88. The molecule has 1 aliphatic heterocycles. The third-order valence-electron chi connectivity index (χ3n) is 2.86. The lowest BCUT2D eigenvalue weighted by atomic mass is 10.1. The highest BCUT2D eigenvalue weighted by Crippen LogP contribution is 2.19. The second-order valence-corrected chi connectivity index (χ2v) is 6.64. The highest BCUT2D eigenvalue weighted by Gasteiger charge is 2.27. The molecule has 1 aromatic rings. The molecule has 1 N–H and O–H groups in total. The van der Waals surface area contributed by atoms with Gasteiger partial charge in [-0.05, 0) is 19.3 Å². The molecule has 1 saturated heterocycles. The van der Waals surface area contributed by atoms with Gasteiger partial charge in [0.2, 0.25) is 0 Å². The van der Waals surface area contributed by atoms with Crippen molar-refractivity contribution in [3.05, 3.63) is 12.0 Å². The van der Waals surface area contributed by atoms with Crippen LogP contribution in [0.5, 0.6) is 0 Å². The van der Waals surface area contributed by atoms with Crippen molar-refractivity contribution in [2.24, 2.45) is 5.92 Å². The van der Waals surface area contributed by atoms with Crippen LogP contribution in [0.3, 0.4) is 0 Å². The number of carbonyl (C=O) groups excluding carboxylic acids is 1. The Morgan fingerprint density at radius 3 is 3.05 bits per heavy atom. The maximum absolute atomic E-state index is 11.4. The number of esters is 1. The molecule has 106 valence electrons. The molecule has 1 aliphatic rings. The molecule has 8 heteroatoms. The minimum Gasteiger partial charge on any atom is -0.461 e. The average Bonchev–Trinajstić information content (AvgIpc) is 2.93. The van der Waals surface area contributed by atoms with E-state index >= 15 is 0 Å². The third-order valence-corrected chi connectivity index (χ3v) is 4.69. The first-order valence-electron chi connectivity index (χ1n) is 6.07. The Labute approximate surface area is 111 Å². The number of oxazole rings is 1. The molecule has 1 atom stereocenters. The van der Waals surface area contributed by atoms with Crippen molar-refractivity contribution in [3.63, 3.8) is 0 Å². The van der Waals surface area contributed by atoms with Crippen molar-refractivity contribution < 1.29 is 22.4 Å². The predicted octanol–water partition coefficient (Wildman–Crippen LogP) is 0.698. The maximum atomic E-state index is 11.4. The minimum atomic E-state index is -2.88. The van der Waals surface area contributed by atoms with Crippen molar-refractivity contribution in [1.29, 1.82) is 0 Å². The molecule has 0 spiro atoms. The zero-order valence-electron chi connectivity index (χ0n) is 10.6. The number of hydrogen-bond acceptors (Lipinski definition) is 7. The number of carbonyl (C=O) groups is 1. The lowest BCUT2D eigenvalue weighted by molar-refractivity contribution is 0.0519. The number of hydrogen-bond donors (Lipinski definition) is 1. The molecular weight excluding hydrogens is 272 g/mol. The summed E-state index contributed by atoms with van der Waals surface area (Å²) < 4.78 is 32.4. The Kier molecular flexibility index (Phi) is 4.08. The van der Waals surface area contributed by atoms with Crippen molar-refractivity contribution in [2.75, 3.05) is 30.0 Å². The zero-order chi connectivity index (χ0) is 13.9. The first-order chi connectivity index (χ1) is 9.00. The van der Waals surface area contributed by atoms with Gasteiger partial charge in [0.25, 0.3) is 6.01 Å². The van der Waals surface area contributed by atoms with Gasteiger partial charge in [-0.3, -0.25) is 0 Å². The predicted molar refractivity (Wildman–Crippen MR) is 67.7 cm³/mol. The standard InChI is InChI=1S/C11H16N2O5S/c1-2-17-10(14)9-6-18-11(13-9)12-5-8-3-4-19(15,16)7-8/h6,8H,2-5,7H2,1H3,(H,12,13). The minimum absolute atomic E-state index is 0.0583. The van der Waals surface area contributed by atoms with Crippen LogP contribution in [0.15, 0.2) is 10.7 Å². The van der Waals surface area contributed by atoms with Gasteiger partial charge < -0.3 is 14.5 Å². The third kappa shape index (κ3) is 3.69. The summed E-state index contributed by atoms with van der Waals surface area (Å²) in [5, 5.41) is 2.89. The quantitative estimate of drug-likeness (QED) is 0.796. The number of nitrogens with one attached hydrogen (secondary N) is 1. The van der Waals surface area contributed by atoms with Crippen LogP contribution in [-0.2, 0) is 14.6 Å². The zero-order valence-corrected chi connectivity index (χ0v) is 11.4. The molecule has 0 bridgehead atoms. The largest absolute Gasteiger partial charge is 0.461 e. The van der Waals surface area contributed by atoms with Crippen molar-refractivity contribution in [3.8, 4) is 0 Å². The van der Waals surface area contributed by atoms with E-state index in [0.717, 1.165) is 0 Å². The van der Waals surface area contributed by atoms with Gasteiger partial charge in [-0.1, -0.05) is 0 Å². The monoisotopic (exact) mass is 288 g/mol. The molecule has 0 saturated carbocycles. The van der Waals surface area contributed by atoms with Crippen LogP contribution in [0.4, 0.5) is 6.01 Å². The van der Waals surface area contributed by atoms with E-state index in [1.54, 1.807) is 6.92 Å². The number of ether oxygens (including phenoxy) is 1. The Morgan fingerprint density at radius 1 is 1.63 bits per heavy atom. The van der Waals surface area contributed by atoms with Crippen molar-refractivity contribution >= 4 is 21.8 Å². The Hall–Kier alpha value is -1.57. The SMILES string of the molecule is CCOC(=O)c1coc(NCC2CCS(=O)(=O)C2)n1. The van der Waals surface area contributed by atoms with Gasteiger partial charge in [0, 0.05) is 6.54 Å². The van der Waals surface area contributed by atoms with Crippen LogP contribution >= 0.6 is 0 Å². The van der Waals surface area contributed by atoms with E-state index in [1.807, 2.05) is 0 Å². The van der Waals surface area contributed by atoms with E-state index in [1.165, 1.54) is 6.26 Å². The van der Waals surface area contributed by atoms with E-state index in [2.05, 4.69) is 10.3 Å². The van der Waals surface area contributed by atoms with Gasteiger partial charge in [-0.15, -0.1) is 0 Å². The summed E-state index contributed by atoms with van der Waals surface area (Å²) in [5.41, 5.74) is 0.100. The van der Waals surface area contributed by atoms with E-state index in [0.29, 0.717) is 13.0 Å². The van der Waals surface area contributed by atoms with Crippen LogP contribution < -0.4 is 5.32 Å². The highest BCUT2D eigenvalue weighted by molar-refractivity contribution is 7.91. The van der Waals surface area contributed by atoms with Crippen molar-refractivity contribution in [1.82, 2.24) is 4.98 Å². The van der Waals surface area contributed by atoms with E-state index in [-0.39, 0.29) is 35.7 Å². The fourth-order valence-corrected chi connectivity index (χ4v) is 3.78. The van der Waals surface area contributed by atoms with Gasteiger partial charge in [0.05, 0.1) is 18.1 Å². The van der Waals surface area contributed by atoms with Crippen LogP contribution in [0.2, 0.25) is 0 Å². The van der Waals surface area contributed by atoms with Crippen molar-refractivity contribution in [2.45, 2.75) is 13.3 Å². The van der Waals surface area contributed by atoms with Gasteiger partial charge in [0.15, 0.2) is 15.5 Å². The topological polar surface area (TPSA) is 98.5 Å². The fraction of sp³-hybridized carbons (Fsp3) is 0.636. The Balaban J connectivity index is 1.86. The molecule has 2 heterocycles. The number of rotatable bonds is 5. The number of nitrogens with zero attached hydrogens (tertiary/aromatic N) is 1. The summed E-state index contributed by atoms with van der Waals surface area (Å²) >= 11 is 0. The van der Waals surface area contributed by atoms with E-state index in [4.69, 9.17) is 9.15 Å². The number of sulfone groups is 1. The summed E-state index contributed by atoms with van der Waals surface area (Å²) in [4.78, 5) is 15.3. The lowest BCUT2D eigenvalue weighted by Gasteiger charge is -2.06. The van der Waals surface area contributed by atoms with Gasteiger partial charge in [0.1, 0.15) is 6.26 Å². The summed E-state index contributed by atoms with van der Waals surface area (Å²) in [6, 6.07) is 0.201. The first-order valence-corrected chi connectivity index (χ1v) is 7.89. The molecule has 1 unspecified atom stereocenters. The fourth-order valence-electron chi connectivity index (χ4n) is 1.92. The molecule has 19 heavy (non-hydrogen) atoms.